The average molecular weight is 120 g/mol. The number of rotatable bonds is 0. The second-order valence-corrected chi connectivity index (χ2v) is 2.76. The van der Waals surface area contributed by atoms with E-state index < -0.39 is 0 Å². The molecule has 1 saturated carbocycles. The third kappa shape index (κ3) is 0.467. The minimum absolute atomic E-state index is 0.289. The molecular weight excluding hydrogens is 112 g/mol. The van der Waals surface area contributed by atoms with Gasteiger partial charge in [-0.2, -0.15) is 0 Å². The van der Waals surface area contributed by atoms with Crippen LogP contribution in [0.25, 0.3) is 0 Å². The zero-order valence-electron chi connectivity index (χ0n) is 5.13. The normalized spacial score (nSPS) is 38.7. The van der Waals surface area contributed by atoms with E-state index in [9.17, 15) is 4.79 Å². The monoisotopic (exact) mass is 120 g/mol. The Balaban J connectivity index is 2.29. The highest BCUT2D eigenvalue weighted by molar-refractivity contribution is 5.96. The Labute approximate surface area is 54.1 Å². The summed E-state index contributed by atoms with van der Waals surface area (Å²) in [6, 6.07) is 0. The zero-order chi connectivity index (χ0) is 6.43. The van der Waals surface area contributed by atoms with Gasteiger partial charge in [-0.1, -0.05) is 18.2 Å². The van der Waals surface area contributed by atoms with Gasteiger partial charge >= 0.3 is 0 Å². The van der Waals surface area contributed by atoms with Gasteiger partial charge in [0, 0.05) is 11.8 Å². The molecule has 1 fully saturated rings. The molecular formula is C8H8O. The van der Waals surface area contributed by atoms with Crippen molar-refractivity contribution in [2.75, 3.05) is 0 Å². The summed E-state index contributed by atoms with van der Waals surface area (Å²) < 4.78 is 0. The number of fused-ring (bicyclic) bond motifs is 1. The van der Waals surface area contributed by atoms with E-state index in [1.165, 1.54) is 5.57 Å². The van der Waals surface area contributed by atoms with Crippen LogP contribution in [0, 0.1) is 11.8 Å². The molecule has 0 amide bonds. The van der Waals surface area contributed by atoms with Gasteiger partial charge in [0.1, 0.15) is 0 Å². The predicted octanol–water partition coefficient (Wildman–Crippen LogP) is 1.32. The number of hydrogen-bond acceptors (Lipinski definition) is 1. The first kappa shape index (κ1) is 4.98. The van der Waals surface area contributed by atoms with E-state index in [-0.39, 0.29) is 5.92 Å². The maximum Gasteiger partial charge on any atom is 0.159 e. The van der Waals surface area contributed by atoms with Crippen LogP contribution in [0.4, 0.5) is 0 Å². The molecule has 0 saturated heterocycles. The largest absolute Gasteiger partial charge is 0.295 e. The lowest BCUT2D eigenvalue weighted by atomic mass is 9.72. The van der Waals surface area contributed by atoms with Crippen LogP contribution in [-0.2, 0) is 4.79 Å². The molecule has 2 aliphatic rings. The maximum absolute atomic E-state index is 10.9. The van der Waals surface area contributed by atoms with Crippen molar-refractivity contribution < 1.29 is 4.79 Å². The van der Waals surface area contributed by atoms with Crippen molar-refractivity contribution in [1.29, 1.82) is 0 Å². The number of ketones is 1. The van der Waals surface area contributed by atoms with Crippen LogP contribution in [0.3, 0.4) is 0 Å². The second-order valence-electron chi connectivity index (χ2n) is 2.76. The van der Waals surface area contributed by atoms with Gasteiger partial charge in [0.2, 0.25) is 0 Å². The number of hydrogen-bond donors (Lipinski definition) is 0. The van der Waals surface area contributed by atoms with Crippen molar-refractivity contribution in [2.45, 2.75) is 6.42 Å². The Morgan fingerprint density at radius 1 is 1.67 bits per heavy atom. The van der Waals surface area contributed by atoms with E-state index >= 15 is 0 Å². The van der Waals surface area contributed by atoms with E-state index in [1.54, 1.807) is 6.08 Å². The van der Waals surface area contributed by atoms with Crippen LogP contribution in [0.2, 0.25) is 0 Å². The molecule has 0 aliphatic heterocycles. The molecule has 1 heteroatoms. The highest BCUT2D eigenvalue weighted by Crippen LogP contribution is 2.43. The van der Waals surface area contributed by atoms with Gasteiger partial charge in [-0.3, -0.25) is 4.79 Å². The lowest BCUT2D eigenvalue weighted by Crippen LogP contribution is -2.28. The molecule has 2 aliphatic carbocycles. The summed E-state index contributed by atoms with van der Waals surface area (Å²) in [6.07, 6.45) is 4.59. The first-order valence-electron chi connectivity index (χ1n) is 3.19. The number of carbonyl (C=O) groups is 1. The first-order valence-corrected chi connectivity index (χ1v) is 3.19. The Bertz CT molecular complexity index is 213. The van der Waals surface area contributed by atoms with E-state index in [4.69, 9.17) is 0 Å². The van der Waals surface area contributed by atoms with Crippen LogP contribution in [0.15, 0.2) is 24.3 Å². The average Bonchev–Trinajstić information content (AvgIpc) is 2.07. The van der Waals surface area contributed by atoms with Gasteiger partial charge in [-0.15, -0.1) is 0 Å². The molecule has 46 valence electrons. The zero-order valence-corrected chi connectivity index (χ0v) is 5.13. The first-order chi connectivity index (χ1) is 4.29. The Morgan fingerprint density at radius 2 is 2.44 bits per heavy atom. The van der Waals surface area contributed by atoms with Crippen molar-refractivity contribution in [2.24, 2.45) is 11.8 Å². The summed E-state index contributed by atoms with van der Waals surface area (Å²) in [6.45, 7) is 3.83. The predicted molar refractivity (Wildman–Crippen MR) is 34.9 cm³/mol. The minimum Gasteiger partial charge on any atom is -0.295 e. The second kappa shape index (κ2) is 1.35. The van der Waals surface area contributed by atoms with Crippen molar-refractivity contribution in [1.82, 2.24) is 0 Å². The lowest BCUT2D eigenvalue weighted by molar-refractivity contribution is -0.119. The third-order valence-corrected chi connectivity index (χ3v) is 2.22. The highest BCUT2D eigenvalue weighted by Gasteiger charge is 2.40. The molecule has 0 bridgehead atoms. The molecule has 0 aromatic carbocycles. The van der Waals surface area contributed by atoms with E-state index in [1.807, 2.05) is 6.08 Å². The third-order valence-electron chi connectivity index (χ3n) is 2.22. The Morgan fingerprint density at radius 3 is 2.89 bits per heavy atom. The van der Waals surface area contributed by atoms with Gasteiger partial charge in [-0.25, -0.2) is 0 Å². The van der Waals surface area contributed by atoms with Crippen molar-refractivity contribution in [3.05, 3.63) is 24.3 Å². The van der Waals surface area contributed by atoms with Gasteiger partial charge < -0.3 is 0 Å². The number of allylic oxidation sites excluding steroid dienone is 3. The molecule has 9 heavy (non-hydrogen) atoms. The minimum atomic E-state index is 0.289. The fourth-order valence-electron chi connectivity index (χ4n) is 1.54. The van der Waals surface area contributed by atoms with Crippen molar-refractivity contribution in [3.8, 4) is 0 Å². The summed E-state index contributed by atoms with van der Waals surface area (Å²) in [5, 5.41) is 0. The fraction of sp³-hybridized carbons (Fsp3) is 0.375. The summed E-state index contributed by atoms with van der Waals surface area (Å²) in [4.78, 5) is 10.9. The molecule has 0 heterocycles. The smallest absolute Gasteiger partial charge is 0.159 e. The number of carbonyl (C=O) groups excluding carboxylic acids is 1. The van der Waals surface area contributed by atoms with E-state index in [2.05, 4.69) is 6.58 Å². The molecule has 0 aromatic heterocycles. The SMILES string of the molecule is C=C1CC2C(=O)C=CC12. The molecule has 2 unspecified atom stereocenters. The lowest BCUT2D eigenvalue weighted by Gasteiger charge is -2.31. The van der Waals surface area contributed by atoms with Gasteiger partial charge in [0.25, 0.3) is 0 Å². The Kier molecular flexibility index (Phi) is 0.747. The molecule has 0 spiro atoms. The molecule has 0 aromatic rings. The summed E-state index contributed by atoms with van der Waals surface area (Å²) in [7, 11) is 0. The van der Waals surface area contributed by atoms with Crippen molar-refractivity contribution >= 4 is 5.78 Å². The summed E-state index contributed by atoms with van der Waals surface area (Å²) in [5.74, 6) is 1.00. The quantitative estimate of drug-likeness (QED) is 0.440. The van der Waals surface area contributed by atoms with Crippen LogP contribution in [0.5, 0.6) is 0 Å². The Hall–Kier alpha value is -0.850. The van der Waals surface area contributed by atoms with Crippen LogP contribution < -0.4 is 0 Å². The molecule has 2 atom stereocenters. The van der Waals surface area contributed by atoms with Gasteiger partial charge in [-0.05, 0) is 12.5 Å². The van der Waals surface area contributed by atoms with E-state index in [0.29, 0.717) is 11.7 Å². The van der Waals surface area contributed by atoms with Crippen molar-refractivity contribution in [3.63, 3.8) is 0 Å². The fourth-order valence-corrected chi connectivity index (χ4v) is 1.54. The highest BCUT2D eigenvalue weighted by atomic mass is 16.1. The van der Waals surface area contributed by atoms with Gasteiger partial charge in [0.05, 0.1) is 0 Å². The topological polar surface area (TPSA) is 17.1 Å². The molecule has 0 radical (unpaired) electrons. The molecule has 2 rings (SSSR count). The van der Waals surface area contributed by atoms with E-state index in [0.717, 1.165) is 6.42 Å². The summed E-state index contributed by atoms with van der Waals surface area (Å²) >= 11 is 0. The van der Waals surface area contributed by atoms with Crippen LogP contribution in [-0.4, -0.2) is 5.78 Å². The van der Waals surface area contributed by atoms with Crippen LogP contribution in [0.1, 0.15) is 6.42 Å². The van der Waals surface area contributed by atoms with Gasteiger partial charge in [0.15, 0.2) is 5.78 Å². The summed E-state index contributed by atoms with van der Waals surface area (Å²) in [5.41, 5.74) is 1.22. The molecule has 0 N–H and O–H groups in total. The molecule has 1 nitrogen and oxygen atoms in total. The maximum atomic E-state index is 10.9. The standard InChI is InChI=1S/C8H8O/c1-5-4-7-6(5)2-3-8(7)9/h2-3,6-7H,1,4H2. The van der Waals surface area contributed by atoms with Crippen LogP contribution >= 0.6 is 0 Å².